The Kier molecular flexibility index (Phi) is 12.8. The smallest absolute Gasteiger partial charge is 0.247 e. The Bertz CT molecular complexity index is 1330. The topological polar surface area (TPSA) is 166 Å². The lowest BCUT2D eigenvalue weighted by Crippen LogP contribution is -2.52. The van der Waals surface area contributed by atoms with Crippen LogP contribution < -0.4 is 32.6 Å². The van der Waals surface area contributed by atoms with Gasteiger partial charge in [-0.05, 0) is 61.2 Å². The molecular formula is C31H39ClN6O4. The zero-order chi connectivity index (χ0) is 30.5. The van der Waals surface area contributed by atoms with Crippen molar-refractivity contribution in [3.05, 3.63) is 88.9 Å². The number of nitrogens with zero attached hydrogens (tertiary/aromatic N) is 1. The first-order valence-electron chi connectivity index (χ1n) is 13.8. The average Bonchev–Trinajstić information content (AvgIpc) is 2.98. The Labute approximate surface area is 251 Å². The van der Waals surface area contributed by atoms with Gasteiger partial charge in [0, 0.05) is 31.2 Å². The van der Waals surface area contributed by atoms with Crippen LogP contribution in [0.1, 0.15) is 24.0 Å². The lowest BCUT2D eigenvalue weighted by molar-refractivity contribution is -0.134. The molecule has 0 aliphatic carbocycles. The predicted octanol–water partition coefficient (Wildman–Crippen LogP) is 2.96. The Morgan fingerprint density at radius 3 is 2.26 bits per heavy atom. The maximum atomic E-state index is 13.6. The number of hydrogen-bond acceptors (Lipinski definition) is 7. The fraction of sp³-hybridized carbons (Fsp3) is 0.323. The van der Waals surface area contributed by atoms with Crippen LogP contribution >= 0.6 is 11.6 Å². The lowest BCUT2D eigenvalue weighted by atomic mass is 10.0. The van der Waals surface area contributed by atoms with Gasteiger partial charge in [-0.3, -0.25) is 14.4 Å². The third-order valence-corrected chi connectivity index (χ3v) is 7.01. The van der Waals surface area contributed by atoms with Crippen molar-refractivity contribution in [1.82, 2.24) is 10.2 Å². The van der Waals surface area contributed by atoms with Gasteiger partial charge in [0.25, 0.3) is 0 Å². The first kappa shape index (κ1) is 32.6. The number of para-hydroxylation sites is 2. The average molecular weight is 595 g/mol. The minimum absolute atomic E-state index is 0.240. The summed E-state index contributed by atoms with van der Waals surface area (Å²) in [7, 11) is 0. The highest BCUT2D eigenvalue weighted by Gasteiger charge is 2.27. The fourth-order valence-electron chi connectivity index (χ4n) is 4.27. The summed E-state index contributed by atoms with van der Waals surface area (Å²) in [5, 5.41) is 6.25. The molecular weight excluding hydrogens is 556 g/mol. The first-order valence-corrected chi connectivity index (χ1v) is 14.2. The largest absolute Gasteiger partial charge is 0.455 e. The van der Waals surface area contributed by atoms with Crippen molar-refractivity contribution in [3.63, 3.8) is 0 Å². The van der Waals surface area contributed by atoms with Crippen LogP contribution in [0.15, 0.2) is 72.8 Å². The van der Waals surface area contributed by atoms with E-state index >= 15 is 0 Å². The number of ether oxygens (including phenoxy) is 1. The molecule has 3 rings (SSSR count). The van der Waals surface area contributed by atoms with Gasteiger partial charge in [-0.1, -0.05) is 54.1 Å². The van der Waals surface area contributed by atoms with Crippen LogP contribution in [0.5, 0.6) is 11.5 Å². The molecule has 2 atom stereocenters. The minimum Gasteiger partial charge on any atom is -0.455 e. The second-order valence-corrected chi connectivity index (χ2v) is 10.3. The van der Waals surface area contributed by atoms with Gasteiger partial charge in [-0.2, -0.15) is 0 Å². The van der Waals surface area contributed by atoms with E-state index in [1.165, 1.54) is 4.90 Å². The number of amides is 3. The van der Waals surface area contributed by atoms with Crippen molar-refractivity contribution in [2.75, 3.05) is 31.5 Å². The molecule has 8 N–H and O–H groups in total. The highest BCUT2D eigenvalue weighted by Crippen LogP contribution is 2.31. The van der Waals surface area contributed by atoms with Crippen LogP contribution in [0.25, 0.3) is 0 Å². The van der Waals surface area contributed by atoms with Crippen molar-refractivity contribution >= 4 is 35.0 Å². The number of aryl methyl sites for hydroxylation is 2. The molecule has 224 valence electrons. The van der Waals surface area contributed by atoms with Gasteiger partial charge >= 0.3 is 0 Å². The lowest BCUT2D eigenvalue weighted by Gasteiger charge is -2.24. The molecule has 11 heteroatoms. The molecule has 10 nitrogen and oxygen atoms in total. The van der Waals surface area contributed by atoms with Gasteiger partial charge < -0.3 is 37.5 Å². The van der Waals surface area contributed by atoms with Crippen LogP contribution in [0, 0.1) is 6.92 Å². The molecule has 3 amide bonds. The van der Waals surface area contributed by atoms with Crippen molar-refractivity contribution < 1.29 is 19.1 Å². The maximum absolute atomic E-state index is 13.6. The van der Waals surface area contributed by atoms with Gasteiger partial charge in [0.1, 0.15) is 11.8 Å². The van der Waals surface area contributed by atoms with Crippen LogP contribution in [0.4, 0.5) is 5.69 Å². The standard InChI is InChI=1S/C31H39ClN6O4/c1-21-19-23(12-13-24(21)32)42-28-10-6-5-9-26(28)36-31(41)27(14-11-22-7-3-2-4-8-22)37-30(40)25(35)20-29(39)38(17-15-33)18-16-34/h2-10,12-13,19,25,27H,11,14-18,20,33-35H2,1H3,(H,36,41)(H,37,40). The number of carbonyl (C=O) groups is 3. The molecule has 0 bridgehead atoms. The third-order valence-electron chi connectivity index (χ3n) is 6.58. The van der Waals surface area contributed by atoms with Crippen LogP contribution in [-0.4, -0.2) is 60.9 Å². The molecule has 0 aliphatic rings. The van der Waals surface area contributed by atoms with Gasteiger partial charge in [0.05, 0.1) is 18.2 Å². The zero-order valence-corrected chi connectivity index (χ0v) is 24.5. The Balaban J connectivity index is 1.75. The molecule has 2 unspecified atom stereocenters. The van der Waals surface area contributed by atoms with Crippen molar-refractivity contribution in [2.45, 2.75) is 38.3 Å². The summed E-state index contributed by atoms with van der Waals surface area (Å²) < 4.78 is 6.04. The Morgan fingerprint density at radius 1 is 0.929 bits per heavy atom. The van der Waals surface area contributed by atoms with Crippen molar-refractivity contribution in [1.29, 1.82) is 0 Å². The normalized spacial score (nSPS) is 12.2. The van der Waals surface area contributed by atoms with E-state index in [1.807, 2.05) is 37.3 Å². The molecule has 0 aromatic heterocycles. The zero-order valence-electron chi connectivity index (χ0n) is 23.7. The third kappa shape index (κ3) is 9.85. The van der Waals surface area contributed by atoms with Crippen LogP contribution in [0.2, 0.25) is 5.02 Å². The minimum atomic E-state index is -1.16. The first-order chi connectivity index (χ1) is 20.2. The van der Waals surface area contributed by atoms with E-state index in [-0.39, 0.29) is 25.4 Å². The van der Waals surface area contributed by atoms with Crippen molar-refractivity contribution in [3.8, 4) is 11.5 Å². The number of benzene rings is 3. The number of hydrogen-bond donors (Lipinski definition) is 5. The number of nitrogens with two attached hydrogens (primary N) is 3. The molecule has 3 aromatic rings. The number of rotatable bonds is 15. The summed E-state index contributed by atoms with van der Waals surface area (Å²) in [6.45, 7) is 3.01. The second kappa shape index (κ2) is 16.5. The summed E-state index contributed by atoms with van der Waals surface area (Å²) in [5.41, 5.74) is 19.6. The second-order valence-electron chi connectivity index (χ2n) is 9.85. The van der Waals surface area contributed by atoms with Crippen LogP contribution in [0.3, 0.4) is 0 Å². The van der Waals surface area contributed by atoms with E-state index in [2.05, 4.69) is 10.6 Å². The molecule has 0 spiro atoms. The molecule has 3 aromatic carbocycles. The highest BCUT2D eigenvalue weighted by atomic mass is 35.5. The highest BCUT2D eigenvalue weighted by molar-refractivity contribution is 6.31. The van der Waals surface area contributed by atoms with Crippen LogP contribution in [-0.2, 0) is 20.8 Å². The van der Waals surface area contributed by atoms with Gasteiger partial charge in [-0.25, -0.2) is 0 Å². The summed E-state index contributed by atoms with van der Waals surface area (Å²) in [6, 6.07) is 19.8. The SMILES string of the molecule is Cc1cc(Oc2ccccc2NC(=O)C(CCc2ccccc2)NC(=O)C(N)CC(=O)N(CCN)CCN)ccc1Cl. The van der Waals surface area contributed by atoms with Gasteiger partial charge in [0.2, 0.25) is 17.7 Å². The number of nitrogens with one attached hydrogen (secondary N) is 2. The van der Waals surface area contributed by atoms with Gasteiger partial charge in [-0.15, -0.1) is 0 Å². The van der Waals surface area contributed by atoms with Crippen molar-refractivity contribution in [2.24, 2.45) is 17.2 Å². The van der Waals surface area contributed by atoms with E-state index in [4.69, 9.17) is 33.5 Å². The number of carbonyl (C=O) groups excluding carboxylic acids is 3. The summed E-state index contributed by atoms with van der Waals surface area (Å²) in [5.74, 6) is -0.418. The summed E-state index contributed by atoms with van der Waals surface area (Å²) in [4.78, 5) is 40.8. The molecule has 0 radical (unpaired) electrons. The van der Waals surface area contributed by atoms with E-state index < -0.39 is 23.9 Å². The predicted molar refractivity (Wildman–Crippen MR) is 165 cm³/mol. The van der Waals surface area contributed by atoms with E-state index in [9.17, 15) is 14.4 Å². The Hall–Kier alpha value is -3.96. The maximum Gasteiger partial charge on any atom is 0.247 e. The fourth-order valence-corrected chi connectivity index (χ4v) is 4.39. The quantitative estimate of drug-likeness (QED) is 0.180. The summed E-state index contributed by atoms with van der Waals surface area (Å²) in [6.07, 6.45) is 0.584. The molecule has 0 saturated heterocycles. The molecule has 42 heavy (non-hydrogen) atoms. The van der Waals surface area contributed by atoms with Gasteiger partial charge in [0.15, 0.2) is 5.75 Å². The van der Waals surface area contributed by atoms with E-state index in [0.29, 0.717) is 48.1 Å². The number of anilines is 1. The van der Waals surface area contributed by atoms with E-state index in [0.717, 1.165) is 11.1 Å². The number of halogens is 1. The molecule has 0 fully saturated rings. The Morgan fingerprint density at radius 2 is 1.60 bits per heavy atom. The molecule has 0 heterocycles. The molecule has 0 aliphatic heterocycles. The molecule has 0 saturated carbocycles. The van der Waals surface area contributed by atoms with E-state index in [1.54, 1.807) is 42.5 Å². The summed E-state index contributed by atoms with van der Waals surface area (Å²) >= 11 is 6.14. The monoisotopic (exact) mass is 594 g/mol.